The van der Waals surface area contributed by atoms with E-state index in [9.17, 15) is 4.79 Å². The molecule has 0 saturated heterocycles. The fourth-order valence-electron chi connectivity index (χ4n) is 3.20. The lowest BCUT2D eigenvalue weighted by Crippen LogP contribution is -2.42. The Balaban J connectivity index is 1.62. The summed E-state index contributed by atoms with van der Waals surface area (Å²) in [6.07, 6.45) is 4.83. The Morgan fingerprint density at radius 3 is 3.04 bits per heavy atom. The molecule has 3 heterocycles. The van der Waals surface area contributed by atoms with Gasteiger partial charge >= 0.3 is 0 Å². The van der Waals surface area contributed by atoms with E-state index >= 15 is 0 Å². The van der Waals surface area contributed by atoms with E-state index in [4.69, 9.17) is 9.15 Å². The van der Waals surface area contributed by atoms with Crippen molar-refractivity contribution in [3.05, 3.63) is 35.5 Å². The van der Waals surface area contributed by atoms with Crippen molar-refractivity contribution in [1.82, 2.24) is 19.9 Å². The van der Waals surface area contributed by atoms with Gasteiger partial charge in [-0.25, -0.2) is 4.68 Å². The van der Waals surface area contributed by atoms with Crippen molar-refractivity contribution in [2.24, 2.45) is 5.92 Å². The number of carbonyl (C=O) groups is 1. The largest absolute Gasteiger partial charge is 0.459 e. The maximum atomic E-state index is 12.7. The van der Waals surface area contributed by atoms with Crippen molar-refractivity contribution < 1.29 is 13.9 Å². The molecule has 0 radical (unpaired) electrons. The number of aromatic nitrogens is 3. The molecule has 7 heteroatoms. The molecule has 1 aliphatic heterocycles. The lowest BCUT2D eigenvalue weighted by molar-refractivity contribution is 0.0462. The number of rotatable bonds is 5. The number of fused-ring (bicyclic) bond motifs is 1. The summed E-state index contributed by atoms with van der Waals surface area (Å²) < 4.78 is 12.6. The number of nitrogens with zero attached hydrogens (tertiary/aromatic N) is 4. The molecule has 2 aromatic heterocycles. The Morgan fingerprint density at radius 2 is 2.35 bits per heavy atom. The summed E-state index contributed by atoms with van der Waals surface area (Å²) in [6, 6.07) is 3.19. The minimum absolute atomic E-state index is 0.126. The summed E-state index contributed by atoms with van der Waals surface area (Å²) >= 11 is 0. The molecular weight excluding hydrogens is 296 g/mol. The van der Waals surface area contributed by atoms with Gasteiger partial charge in [-0.1, -0.05) is 5.21 Å². The van der Waals surface area contributed by atoms with E-state index in [0.717, 1.165) is 30.3 Å². The van der Waals surface area contributed by atoms with Crippen LogP contribution in [0.1, 0.15) is 40.8 Å². The van der Waals surface area contributed by atoms with Crippen molar-refractivity contribution in [2.45, 2.75) is 31.8 Å². The van der Waals surface area contributed by atoms with Crippen LogP contribution in [0, 0.1) is 5.92 Å². The number of ether oxygens (including phenoxy) is 1. The Kier molecular flexibility index (Phi) is 3.65. The molecule has 1 atom stereocenters. The topological polar surface area (TPSA) is 73.4 Å². The maximum absolute atomic E-state index is 12.7. The number of methoxy groups -OCH3 is 1. The van der Waals surface area contributed by atoms with E-state index in [1.54, 1.807) is 24.1 Å². The molecule has 2 aromatic rings. The lowest BCUT2D eigenvalue weighted by atomic mass is 10.0. The Hall–Kier alpha value is -2.15. The summed E-state index contributed by atoms with van der Waals surface area (Å²) in [6.45, 7) is 1.97. The van der Waals surface area contributed by atoms with Crippen molar-refractivity contribution in [3.8, 4) is 0 Å². The highest BCUT2D eigenvalue weighted by molar-refractivity contribution is 5.91. The van der Waals surface area contributed by atoms with E-state index < -0.39 is 0 Å². The minimum atomic E-state index is -0.214. The van der Waals surface area contributed by atoms with Crippen LogP contribution < -0.4 is 0 Å². The van der Waals surface area contributed by atoms with Gasteiger partial charge in [-0.3, -0.25) is 4.79 Å². The van der Waals surface area contributed by atoms with Gasteiger partial charge in [0.2, 0.25) is 0 Å². The van der Waals surface area contributed by atoms with Crippen LogP contribution in [-0.4, -0.2) is 46.1 Å². The van der Waals surface area contributed by atoms with Crippen LogP contribution in [0.2, 0.25) is 0 Å². The summed E-state index contributed by atoms with van der Waals surface area (Å²) in [5.74, 6) is 0.962. The van der Waals surface area contributed by atoms with E-state index in [0.29, 0.717) is 18.9 Å². The average Bonchev–Trinajstić information content (AvgIpc) is 3.05. The van der Waals surface area contributed by atoms with E-state index in [-0.39, 0.29) is 11.9 Å². The quantitative estimate of drug-likeness (QED) is 0.839. The molecule has 0 unspecified atom stereocenters. The zero-order valence-corrected chi connectivity index (χ0v) is 13.1. The zero-order valence-electron chi connectivity index (χ0n) is 13.1. The second-order valence-electron chi connectivity index (χ2n) is 6.24. The van der Waals surface area contributed by atoms with Gasteiger partial charge in [0.1, 0.15) is 11.7 Å². The molecule has 23 heavy (non-hydrogen) atoms. The second-order valence-corrected chi connectivity index (χ2v) is 6.24. The fourth-order valence-corrected chi connectivity index (χ4v) is 3.20. The predicted molar refractivity (Wildman–Crippen MR) is 80.8 cm³/mol. The second kappa shape index (κ2) is 5.81. The lowest BCUT2D eigenvalue weighted by Gasteiger charge is -2.33. The van der Waals surface area contributed by atoms with Gasteiger partial charge in [-0.05, 0) is 30.9 Å². The zero-order chi connectivity index (χ0) is 15.8. The first-order valence-electron chi connectivity index (χ1n) is 8.03. The number of carbonyl (C=O) groups excluding carboxylic acids is 1. The SMILES string of the molecule is COC[C@@H]1c2nnn(CC3CC3)c2CCN1C(=O)c1ccco1. The van der Waals surface area contributed by atoms with Crippen molar-refractivity contribution in [1.29, 1.82) is 0 Å². The smallest absolute Gasteiger partial charge is 0.290 e. The van der Waals surface area contributed by atoms with Gasteiger partial charge in [0.15, 0.2) is 5.76 Å². The first-order chi connectivity index (χ1) is 11.3. The van der Waals surface area contributed by atoms with Crippen LogP contribution in [-0.2, 0) is 17.7 Å². The number of hydrogen-bond acceptors (Lipinski definition) is 5. The molecular formula is C16H20N4O3. The highest BCUT2D eigenvalue weighted by atomic mass is 16.5. The maximum Gasteiger partial charge on any atom is 0.290 e. The van der Waals surface area contributed by atoms with Crippen LogP contribution in [0.3, 0.4) is 0 Å². The van der Waals surface area contributed by atoms with Crippen molar-refractivity contribution in [2.75, 3.05) is 20.3 Å². The average molecular weight is 316 g/mol. The molecule has 0 bridgehead atoms. The number of furan rings is 1. The highest BCUT2D eigenvalue weighted by Crippen LogP contribution is 2.34. The third-order valence-electron chi connectivity index (χ3n) is 4.59. The van der Waals surface area contributed by atoms with E-state index in [1.165, 1.54) is 19.1 Å². The molecule has 1 amide bonds. The monoisotopic (exact) mass is 316 g/mol. The molecule has 0 aromatic carbocycles. The van der Waals surface area contributed by atoms with Crippen LogP contribution in [0.5, 0.6) is 0 Å². The molecule has 122 valence electrons. The third-order valence-corrected chi connectivity index (χ3v) is 4.59. The fraction of sp³-hybridized carbons (Fsp3) is 0.562. The van der Waals surface area contributed by atoms with Gasteiger partial charge in [0.25, 0.3) is 5.91 Å². The molecule has 2 aliphatic rings. The molecule has 1 fully saturated rings. The minimum Gasteiger partial charge on any atom is -0.459 e. The highest BCUT2D eigenvalue weighted by Gasteiger charge is 2.36. The first kappa shape index (κ1) is 14.4. The van der Waals surface area contributed by atoms with Gasteiger partial charge in [-0.2, -0.15) is 0 Å². The van der Waals surface area contributed by atoms with Crippen molar-refractivity contribution >= 4 is 5.91 Å². The van der Waals surface area contributed by atoms with Crippen LogP contribution in [0.25, 0.3) is 0 Å². The van der Waals surface area contributed by atoms with Crippen LogP contribution >= 0.6 is 0 Å². The van der Waals surface area contributed by atoms with Gasteiger partial charge < -0.3 is 14.1 Å². The standard InChI is InChI=1S/C16H20N4O3/c1-22-10-13-15-12(20(18-17-15)9-11-4-5-11)6-7-19(13)16(21)14-3-2-8-23-14/h2-3,8,11,13H,4-7,9-10H2,1H3/t13-/m1/s1. The Labute approximate surface area is 134 Å². The molecule has 0 N–H and O–H groups in total. The first-order valence-corrected chi connectivity index (χ1v) is 8.03. The van der Waals surface area contributed by atoms with Gasteiger partial charge in [0, 0.05) is 26.6 Å². The Morgan fingerprint density at radius 1 is 1.48 bits per heavy atom. The summed E-state index contributed by atoms with van der Waals surface area (Å²) in [4.78, 5) is 14.5. The normalized spacial score (nSPS) is 20.6. The van der Waals surface area contributed by atoms with Crippen LogP contribution in [0.15, 0.2) is 22.8 Å². The van der Waals surface area contributed by atoms with E-state index in [2.05, 4.69) is 10.3 Å². The third kappa shape index (κ3) is 2.65. The Bertz CT molecular complexity index is 690. The molecule has 7 nitrogen and oxygen atoms in total. The van der Waals surface area contributed by atoms with Gasteiger partial charge in [0.05, 0.1) is 18.6 Å². The summed E-state index contributed by atoms with van der Waals surface area (Å²) in [5, 5.41) is 8.68. The van der Waals surface area contributed by atoms with Crippen LogP contribution in [0.4, 0.5) is 0 Å². The molecule has 1 saturated carbocycles. The number of amides is 1. The summed E-state index contributed by atoms with van der Waals surface area (Å²) in [7, 11) is 1.64. The molecule has 0 spiro atoms. The number of hydrogen-bond donors (Lipinski definition) is 0. The van der Waals surface area contributed by atoms with Crippen molar-refractivity contribution in [3.63, 3.8) is 0 Å². The van der Waals surface area contributed by atoms with Gasteiger partial charge in [-0.15, -0.1) is 5.10 Å². The molecule has 1 aliphatic carbocycles. The molecule has 4 rings (SSSR count). The van der Waals surface area contributed by atoms with E-state index in [1.807, 2.05) is 4.68 Å². The summed E-state index contributed by atoms with van der Waals surface area (Å²) in [5.41, 5.74) is 2.00. The predicted octanol–water partition coefficient (Wildman–Crippen LogP) is 1.67.